The van der Waals surface area contributed by atoms with Crippen LogP contribution in [0.2, 0.25) is 0 Å². The Balaban J connectivity index is 1.12. The average Bonchev–Trinajstić information content (AvgIpc) is 3.80. The summed E-state index contributed by atoms with van der Waals surface area (Å²) in [4.78, 5) is 5.13. The molecule has 13 rings (SSSR count). The van der Waals surface area contributed by atoms with Crippen molar-refractivity contribution in [1.82, 2.24) is 0 Å². The maximum absolute atomic E-state index is 7.01. The molecule has 9 aromatic carbocycles. The molecule has 2 spiro atoms. The Kier molecular flexibility index (Phi) is 8.54. The Labute approximate surface area is 399 Å². The molecule has 9 aromatic rings. The number of para-hydroxylation sites is 1. The lowest BCUT2D eigenvalue weighted by Crippen LogP contribution is -2.33. The van der Waals surface area contributed by atoms with E-state index in [-0.39, 0.29) is 10.8 Å². The lowest BCUT2D eigenvalue weighted by Gasteiger charge is -2.41. The average molecular weight is 882 g/mol. The van der Waals surface area contributed by atoms with Gasteiger partial charge >= 0.3 is 0 Å². The minimum Gasteiger partial charge on any atom is -0.457 e. The van der Waals surface area contributed by atoms with Gasteiger partial charge < -0.3 is 9.64 Å². The third-order valence-electron chi connectivity index (χ3n) is 15.1. The van der Waals surface area contributed by atoms with Crippen molar-refractivity contribution in [2.45, 2.75) is 73.0 Å². The fourth-order valence-corrected chi connectivity index (χ4v) is 13.3. The van der Waals surface area contributed by atoms with Crippen molar-refractivity contribution in [3.63, 3.8) is 0 Å². The van der Waals surface area contributed by atoms with Crippen molar-refractivity contribution in [3.05, 3.63) is 256 Å². The van der Waals surface area contributed by atoms with E-state index in [2.05, 4.69) is 247 Å². The number of ether oxygens (including phenoxy) is 1. The summed E-state index contributed by atoms with van der Waals surface area (Å²) in [6.07, 6.45) is 0. The van der Waals surface area contributed by atoms with Gasteiger partial charge in [-0.2, -0.15) is 0 Å². The highest BCUT2D eigenvalue weighted by Gasteiger charge is 2.54. The molecule has 2 aliphatic heterocycles. The molecule has 2 nitrogen and oxygen atoms in total. The van der Waals surface area contributed by atoms with Crippen LogP contribution in [0.1, 0.15) is 97.2 Å². The van der Waals surface area contributed by atoms with E-state index in [0.717, 1.165) is 28.6 Å². The monoisotopic (exact) mass is 881 g/mol. The number of nitrogens with zero attached hydrogens (tertiary/aromatic N) is 1. The van der Waals surface area contributed by atoms with Crippen LogP contribution in [-0.2, 0) is 21.7 Å². The normalized spacial score (nSPS) is 15.0. The van der Waals surface area contributed by atoms with E-state index >= 15 is 0 Å². The summed E-state index contributed by atoms with van der Waals surface area (Å²) in [5, 5.41) is 0. The van der Waals surface area contributed by atoms with Gasteiger partial charge in [-0.25, -0.2) is 0 Å². The minimum absolute atomic E-state index is 0.0701. The van der Waals surface area contributed by atoms with Crippen molar-refractivity contribution in [2.24, 2.45) is 0 Å². The largest absolute Gasteiger partial charge is 0.457 e. The molecule has 2 heterocycles. The van der Waals surface area contributed by atoms with Crippen LogP contribution in [0.4, 0.5) is 17.1 Å². The van der Waals surface area contributed by atoms with E-state index in [1.807, 2.05) is 11.8 Å². The fraction of sp³-hybridized carbons (Fsp3) is 0.156. The molecule has 0 saturated heterocycles. The van der Waals surface area contributed by atoms with Crippen LogP contribution in [0.5, 0.6) is 11.5 Å². The van der Waals surface area contributed by atoms with Crippen LogP contribution in [0, 0.1) is 0 Å². The predicted octanol–water partition coefficient (Wildman–Crippen LogP) is 17.0. The first-order valence-electron chi connectivity index (χ1n) is 23.7. The molecule has 0 amide bonds. The topological polar surface area (TPSA) is 12.5 Å². The smallest absolute Gasteiger partial charge is 0.132 e. The highest BCUT2D eigenvalue weighted by atomic mass is 32.2. The molecule has 67 heavy (non-hydrogen) atoms. The predicted molar refractivity (Wildman–Crippen MR) is 277 cm³/mol. The first-order valence-corrected chi connectivity index (χ1v) is 24.5. The number of benzene rings is 9. The summed E-state index contributed by atoms with van der Waals surface area (Å²) in [5.41, 5.74) is 20.0. The van der Waals surface area contributed by atoms with Crippen molar-refractivity contribution >= 4 is 28.8 Å². The van der Waals surface area contributed by atoms with E-state index in [1.165, 1.54) is 87.7 Å². The number of anilines is 3. The molecule has 0 radical (unpaired) electrons. The highest BCUT2D eigenvalue weighted by Crippen LogP contribution is 2.66. The first-order chi connectivity index (χ1) is 32.5. The van der Waals surface area contributed by atoms with Crippen LogP contribution in [0.25, 0.3) is 22.3 Å². The van der Waals surface area contributed by atoms with Gasteiger partial charge in [0, 0.05) is 37.9 Å². The van der Waals surface area contributed by atoms with E-state index in [4.69, 9.17) is 4.74 Å². The van der Waals surface area contributed by atoms with Crippen LogP contribution in [0.3, 0.4) is 0 Å². The van der Waals surface area contributed by atoms with Gasteiger partial charge in [0.1, 0.15) is 11.5 Å². The zero-order valence-electron chi connectivity index (χ0n) is 38.8. The number of rotatable bonds is 3. The zero-order valence-corrected chi connectivity index (χ0v) is 39.6. The van der Waals surface area contributed by atoms with Gasteiger partial charge in [-0.1, -0.05) is 187 Å². The van der Waals surface area contributed by atoms with Crippen LogP contribution >= 0.6 is 11.8 Å². The molecule has 4 aliphatic rings. The van der Waals surface area contributed by atoms with Crippen LogP contribution < -0.4 is 9.64 Å². The fourth-order valence-electron chi connectivity index (χ4n) is 12.1. The molecule has 0 atom stereocenters. The SMILES string of the molecule is CC(C)(C)c1ccc2c(c1)C1(c3cc(C(C)(C)C)ccc3O2)c2ccccc2-c2c(N(c3ccccc3)c3ccc4c(c3)C3(c5ccccc5Sc5ccccc53)c3ccccc3-4)cccc21. The summed E-state index contributed by atoms with van der Waals surface area (Å²) in [7, 11) is 0. The Bertz CT molecular complexity index is 3400. The van der Waals surface area contributed by atoms with Crippen molar-refractivity contribution in [1.29, 1.82) is 0 Å². The van der Waals surface area contributed by atoms with Gasteiger partial charge in [0.2, 0.25) is 0 Å². The van der Waals surface area contributed by atoms with E-state index in [0.29, 0.717) is 0 Å². The van der Waals surface area contributed by atoms with E-state index in [1.54, 1.807) is 0 Å². The molecular formula is C64H51NOS. The van der Waals surface area contributed by atoms with Crippen LogP contribution in [-0.4, -0.2) is 0 Å². The molecule has 0 N–H and O–H groups in total. The van der Waals surface area contributed by atoms with Gasteiger partial charge in [-0.15, -0.1) is 0 Å². The van der Waals surface area contributed by atoms with Gasteiger partial charge in [-0.05, 0) is 139 Å². The summed E-state index contributed by atoms with van der Waals surface area (Å²) in [6, 6.07) is 75.6. The first kappa shape index (κ1) is 40.2. The third-order valence-corrected chi connectivity index (χ3v) is 16.3. The van der Waals surface area contributed by atoms with Gasteiger partial charge in [0.25, 0.3) is 0 Å². The summed E-state index contributed by atoms with van der Waals surface area (Å²) < 4.78 is 7.01. The minimum atomic E-state index is -0.646. The van der Waals surface area contributed by atoms with Crippen molar-refractivity contribution in [3.8, 4) is 33.8 Å². The Morgan fingerprint density at radius 2 is 0.866 bits per heavy atom. The molecular weight excluding hydrogens is 831 g/mol. The molecule has 0 unspecified atom stereocenters. The molecule has 0 fully saturated rings. The third kappa shape index (κ3) is 5.52. The maximum atomic E-state index is 7.01. The molecule has 0 aromatic heterocycles. The van der Waals surface area contributed by atoms with Gasteiger partial charge in [-0.3, -0.25) is 0 Å². The Morgan fingerprint density at radius 3 is 1.48 bits per heavy atom. The molecule has 324 valence electrons. The van der Waals surface area contributed by atoms with E-state index < -0.39 is 10.8 Å². The second-order valence-corrected chi connectivity index (χ2v) is 21.9. The lowest BCUT2D eigenvalue weighted by molar-refractivity contribution is 0.433. The number of fused-ring (bicyclic) bond motifs is 18. The maximum Gasteiger partial charge on any atom is 0.132 e. The number of hydrogen-bond donors (Lipinski definition) is 0. The molecule has 0 saturated carbocycles. The van der Waals surface area contributed by atoms with Crippen LogP contribution in [0.15, 0.2) is 210 Å². The van der Waals surface area contributed by atoms with Gasteiger partial charge in [0.15, 0.2) is 0 Å². The highest BCUT2D eigenvalue weighted by molar-refractivity contribution is 7.99. The second kappa shape index (κ2) is 14.2. The Hall–Kier alpha value is -7.07. The summed E-state index contributed by atoms with van der Waals surface area (Å²) in [5.74, 6) is 1.82. The second-order valence-electron chi connectivity index (χ2n) is 20.8. The molecule has 2 aliphatic carbocycles. The molecule has 0 bridgehead atoms. The van der Waals surface area contributed by atoms with Gasteiger partial charge in [0.05, 0.1) is 16.5 Å². The Morgan fingerprint density at radius 1 is 0.373 bits per heavy atom. The standard InChI is InChI=1S/C64H51NOS/c1-61(2,3)40-31-35-56-53(37-40)64(54-38-41(62(4,5)6)32-36-57(54)66-56)48-24-13-11-22-46(48)60-51(64)27-18-28-55(60)65(42-19-8-7-9-20-42)43-33-34-45-44-21-10-12-23-47(44)63(52(45)39-43)49-25-14-16-29-58(49)67-59-30-17-15-26-50(59)63/h7-39H,1-6H3. The zero-order chi connectivity index (χ0) is 45.5. The lowest BCUT2D eigenvalue weighted by atomic mass is 9.64. The summed E-state index contributed by atoms with van der Waals surface area (Å²) in [6.45, 7) is 13.9. The van der Waals surface area contributed by atoms with E-state index in [9.17, 15) is 0 Å². The number of hydrogen-bond acceptors (Lipinski definition) is 3. The quantitative estimate of drug-likeness (QED) is 0.175. The van der Waals surface area contributed by atoms with Crippen molar-refractivity contribution in [2.75, 3.05) is 4.90 Å². The summed E-state index contributed by atoms with van der Waals surface area (Å²) >= 11 is 1.89. The van der Waals surface area contributed by atoms with Crippen molar-refractivity contribution < 1.29 is 4.74 Å². The molecule has 3 heteroatoms.